The Kier molecular flexibility index (Phi) is 7.94. The molecule has 0 saturated carbocycles. The molecule has 1 aliphatic heterocycles. The van der Waals surface area contributed by atoms with Gasteiger partial charge in [0.2, 0.25) is 0 Å². The second-order valence-electron chi connectivity index (χ2n) is 6.86. The van der Waals surface area contributed by atoms with Crippen LogP contribution in [0.4, 0.5) is 5.69 Å². The van der Waals surface area contributed by atoms with Crippen molar-refractivity contribution < 1.29 is 23.8 Å². The Morgan fingerprint density at radius 3 is 2.66 bits per heavy atom. The van der Waals surface area contributed by atoms with Crippen LogP contribution in [0, 0.1) is 0 Å². The van der Waals surface area contributed by atoms with Crippen LogP contribution in [-0.2, 0) is 20.7 Å². The SMILES string of the molecule is CCOC(=O)COc1ccc(/C=C2/SC(=Nc3ccccc3CC)N(C)C2=O)cc1OC. The largest absolute Gasteiger partial charge is 0.493 e. The summed E-state index contributed by atoms with van der Waals surface area (Å²) in [7, 11) is 3.24. The number of carbonyl (C=O) groups excluding carboxylic acids is 2. The van der Waals surface area contributed by atoms with Gasteiger partial charge in [0.25, 0.3) is 5.91 Å². The van der Waals surface area contributed by atoms with Crippen LogP contribution in [0.2, 0.25) is 0 Å². The molecule has 2 aromatic rings. The maximum absolute atomic E-state index is 12.8. The van der Waals surface area contributed by atoms with Crippen LogP contribution in [0.3, 0.4) is 0 Å². The lowest BCUT2D eigenvalue weighted by Crippen LogP contribution is -2.23. The van der Waals surface area contributed by atoms with Gasteiger partial charge in [-0.15, -0.1) is 0 Å². The quantitative estimate of drug-likeness (QED) is 0.434. The predicted molar refractivity (Wildman–Crippen MR) is 126 cm³/mol. The molecule has 0 atom stereocenters. The van der Waals surface area contributed by atoms with E-state index < -0.39 is 5.97 Å². The molecule has 0 aliphatic carbocycles. The van der Waals surface area contributed by atoms with Crippen molar-refractivity contribution >= 4 is 40.6 Å². The van der Waals surface area contributed by atoms with Gasteiger partial charge in [-0.3, -0.25) is 9.69 Å². The van der Waals surface area contributed by atoms with Gasteiger partial charge in [-0.1, -0.05) is 31.2 Å². The summed E-state index contributed by atoms with van der Waals surface area (Å²) in [6.45, 7) is 3.90. The van der Waals surface area contributed by atoms with Crippen LogP contribution in [0.5, 0.6) is 11.5 Å². The van der Waals surface area contributed by atoms with Gasteiger partial charge in [0, 0.05) is 7.05 Å². The zero-order valence-corrected chi connectivity index (χ0v) is 19.4. The fraction of sp³-hybridized carbons (Fsp3) is 0.292. The highest BCUT2D eigenvalue weighted by atomic mass is 32.2. The molecule has 0 N–H and O–H groups in total. The maximum atomic E-state index is 12.8. The monoisotopic (exact) mass is 454 g/mol. The summed E-state index contributed by atoms with van der Waals surface area (Å²) in [5.41, 5.74) is 2.76. The van der Waals surface area contributed by atoms with Gasteiger partial charge in [0.15, 0.2) is 23.3 Å². The first-order valence-electron chi connectivity index (χ1n) is 10.3. The molecule has 168 valence electrons. The lowest BCUT2D eigenvalue weighted by molar-refractivity contribution is -0.145. The maximum Gasteiger partial charge on any atom is 0.344 e. The minimum atomic E-state index is -0.451. The summed E-state index contributed by atoms with van der Waals surface area (Å²) in [6.07, 6.45) is 2.65. The van der Waals surface area contributed by atoms with E-state index in [1.807, 2.05) is 24.3 Å². The summed E-state index contributed by atoms with van der Waals surface area (Å²) in [4.78, 5) is 31.1. The molecule has 0 unspecified atom stereocenters. The number of thioether (sulfide) groups is 1. The predicted octanol–water partition coefficient (Wildman–Crippen LogP) is 4.43. The third-order valence-corrected chi connectivity index (χ3v) is 5.79. The van der Waals surface area contributed by atoms with E-state index in [4.69, 9.17) is 19.2 Å². The zero-order valence-electron chi connectivity index (χ0n) is 18.6. The molecule has 7 nitrogen and oxygen atoms in total. The average Bonchev–Trinajstić information content (AvgIpc) is 3.06. The number of aliphatic imine (C=N–C) groups is 1. The van der Waals surface area contributed by atoms with Gasteiger partial charge in [0.05, 0.1) is 24.3 Å². The van der Waals surface area contributed by atoms with Gasteiger partial charge in [0.1, 0.15) is 0 Å². The van der Waals surface area contributed by atoms with Crippen LogP contribution < -0.4 is 9.47 Å². The number of likely N-dealkylation sites (N-methyl/N-ethyl adjacent to an activating group) is 1. The fourth-order valence-electron chi connectivity index (χ4n) is 3.06. The number of amidine groups is 1. The minimum Gasteiger partial charge on any atom is -0.493 e. The van der Waals surface area contributed by atoms with E-state index in [2.05, 4.69) is 6.92 Å². The molecule has 0 aromatic heterocycles. The standard InChI is InChI=1S/C24H26N2O5S/c1-5-17-9-7-8-10-18(17)25-24-26(3)23(28)21(32-24)14-16-11-12-19(20(13-16)29-4)31-15-22(27)30-6-2/h7-14H,5-6,15H2,1-4H3/b21-14+,25-24?. The van der Waals surface area contributed by atoms with Gasteiger partial charge in [-0.2, -0.15) is 0 Å². The Hall–Kier alpha value is -3.26. The van der Waals surface area contributed by atoms with E-state index in [0.717, 1.165) is 23.2 Å². The topological polar surface area (TPSA) is 77.4 Å². The van der Waals surface area contributed by atoms with Crippen LogP contribution >= 0.6 is 11.8 Å². The lowest BCUT2D eigenvalue weighted by atomic mass is 10.1. The van der Waals surface area contributed by atoms with Crippen LogP contribution in [-0.4, -0.2) is 49.3 Å². The number of carbonyl (C=O) groups is 2. The molecule has 1 aliphatic rings. The Morgan fingerprint density at radius 2 is 1.94 bits per heavy atom. The molecule has 1 heterocycles. The molecule has 3 rings (SSSR count). The third kappa shape index (κ3) is 5.50. The molecule has 32 heavy (non-hydrogen) atoms. The van der Waals surface area contributed by atoms with Crippen LogP contribution in [0.25, 0.3) is 6.08 Å². The minimum absolute atomic E-state index is 0.121. The van der Waals surface area contributed by atoms with E-state index in [9.17, 15) is 9.59 Å². The molecule has 0 spiro atoms. The number of para-hydroxylation sites is 1. The summed E-state index contributed by atoms with van der Waals surface area (Å²) in [5, 5.41) is 0.628. The number of rotatable bonds is 8. The van der Waals surface area contributed by atoms with Gasteiger partial charge < -0.3 is 14.2 Å². The van der Waals surface area contributed by atoms with Crippen molar-refractivity contribution in [2.75, 3.05) is 27.4 Å². The second-order valence-corrected chi connectivity index (χ2v) is 7.86. The molecular formula is C24H26N2O5S. The molecule has 1 saturated heterocycles. The number of nitrogens with zero attached hydrogens (tertiary/aromatic N) is 2. The Morgan fingerprint density at radius 1 is 1.16 bits per heavy atom. The number of hydrogen-bond acceptors (Lipinski definition) is 7. The van der Waals surface area contributed by atoms with Gasteiger partial charge in [-0.25, -0.2) is 9.79 Å². The lowest BCUT2D eigenvalue weighted by Gasteiger charge is -2.11. The van der Waals surface area contributed by atoms with E-state index in [1.54, 1.807) is 43.1 Å². The first kappa shape index (κ1) is 23.4. The second kappa shape index (κ2) is 10.9. The smallest absolute Gasteiger partial charge is 0.344 e. The van der Waals surface area contributed by atoms with E-state index >= 15 is 0 Å². The number of ether oxygens (including phenoxy) is 3. The van der Waals surface area contributed by atoms with E-state index in [1.165, 1.54) is 18.9 Å². The molecule has 0 bridgehead atoms. The Labute approximate surface area is 192 Å². The van der Waals surface area contributed by atoms with Crippen LogP contribution in [0.15, 0.2) is 52.4 Å². The number of methoxy groups -OCH3 is 1. The molecular weight excluding hydrogens is 428 g/mol. The number of esters is 1. The zero-order chi connectivity index (χ0) is 23.1. The molecule has 1 amide bonds. The average molecular weight is 455 g/mol. The molecule has 2 aromatic carbocycles. The third-order valence-electron chi connectivity index (χ3n) is 4.73. The van der Waals surface area contributed by atoms with Crippen molar-refractivity contribution in [1.29, 1.82) is 0 Å². The van der Waals surface area contributed by atoms with Crippen molar-refractivity contribution in [3.05, 3.63) is 58.5 Å². The first-order chi connectivity index (χ1) is 15.5. The number of amides is 1. The summed E-state index contributed by atoms with van der Waals surface area (Å²) >= 11 is 1.33. The summed E-state index contributed by atoms with van der Waals surface area (Å²) in [5.74, 6) is 0.305. The number of aryl methyl sites for hydroxylation is 1. The molecule has 1 fully saturated rings. The van der Waals surface area contributed by atoms with Crippen molar-refractivity contribution in [2.24, 2.45) is 4.99 Å². The highest BCUT2D eigenvalue weighted by molar-refractivity contribution is 8.18. The Bertz CT molecular complexity index is 1060. The number of hydrogen-bond donors (Lipinski definition) is 0. The van der Waals surface area contributed by atoms with Crippen LogP contribution in [0.1, 0.15) is 25.0 Å². The fourth-order valence-corrected chi connectivity index (χ4v) is 4.04. The van der Waals surface area contributed by atoms with Gasteiger partial charge >= 0.3 is 5.97 Å². The Balaban J connectivity index is 1.81. The molecule has 8 heteroatoms. The first-order valence-corrected chi connectivity index (χ1v) is 11.1. The normalized spacial score (nSPS) is 16.0. The van der Waals surface area contributed by atoms with Crippen molar-refractivity contribution in [3.63, 3.8) is 0 Å². The van der Waals surface area contributed by atoms with Crippen molar-refractivity contribution in [3.8, 4) is 11.5 Å². The van der Waals surface area contributed by atoms with Crippen molar-refractivity contribution in [2.45, 2.75) is 20.3 Å². The summed E-state index contributed by atoms with van der Waals surface area (Å²) in [6, 6.07) is 13.2. The summed E-state index contributed by atoms with van der Waals surface area (Å²) < 4.78 is 15.7. The van der Waals surface area contributed by atoms with E-state index in [0.29, 0.717) is 28.2 Å². The number of benzene rings is 2. The van der Waals surface area contributed by atoms with E-state index in [-0.39, 0.29) is 12.5 Å². The van der Waals surface area contributed by atoms with Gasteiger partial charge in [-0.05, 0) is 60.5 Å². The van der Waals surface area contributed by atoms with Crippen molar-refractivity contribution in [1.82, 2.24) is 4.90 Å². The molecule has 0 radical (unpaired) electrons. The highest BCUT2D eigenvalue weighted by Gasteiger charge is 2.30. The highest BCUT2D eigenvalue weighted by Crippen LogP contribution is 2.35.